The summed E-state index contributed by atoms with van der Waals surface area (Å²) in [5, 5.41) is 4.29. The van der Waals surface area contributed by atoms with Gasteiger partial charge in [-0.05, 0) is 68.1 Å². The molecule has 1 aliphatic heterocycles. The second kappa shape index (κ2) is 7.61. The van der Waals surface area contributed by atoms with Gasteiger partial charge < -0.3 is 0 Å². The van der Waals surface area contributed by atoms with Crippen LogP contribution in [0.3, 0.4) is 0 Å². The van der Waals surface area contributed by atoms with Crippen LogP contribution in [0.2, 0.25) is 0 Å². The van der Waals surface area contributed by atoms with E-state index in [9.17, 15) is 4.39 Å². The van der Waals surface area contributed by atoms with Crippen molar-refractivity contribution < 1.29 is 4.39 Å². The molecule has 0 amide bonds. The maximum Gasteiger partial charge on any atom is 0.123 e. The van der Waals surface area contributed by atoms with E-state index in [1.165, 1.54) is 29.7 Å². The minimum absolute atomic E-state index is 0.192. The van der Waals surface area contributed by atoms with Gasteiger partial charge in [-0.1, -0.05) is 12.1 Å². The van der Waals surface area contributed by atoms with Crippen molar-refractivity contribution in [3.63, 3.8) is 0 Å². The molecule has 3 heterocycles. The lowest BCUT2D eigenvalue weighted by molar-refractivity contribution is 0.244. The Morgan fingerprint density at radius 2 is 1.93 bits per heavy atom. The summed E-state index contributed by atoms with van der Waals surface area (Å²) in [4.78, 5) is 7.35. The largest absolute Gasteiger partial charge is 0.290 e. The zero-order valence-corrected chi connectivity index (χ0v) is 15.9. The van der Waals surface area contributed by atoms with E-state index in [1.54, 1.807) is 0 Å². The Kier molecular flexibility index (Phi) is 5.03. The lowest BCUT2D eigenvalue weighted by Gasteiger charge is -2.24. The van der Waals surface area contributed by atoms with Crippen molar-refractivity contribution in [3.05, 3.63) is 82.7 Å². The summed E-state index contributed by atoms with van der Waals surface area (Å²) in [6, 6.07) is 11.5. The van der Waals surface area contributed by atoms with Crippen LogP contribution in [0.25, 0.3) is 0 Å². The Labute approximate surface area is 159 Å². The van der Waals surface area contributed by atoms with Crippen molar-refractivity contribution in [2.45, 2.75) is 38.8 Å². The Morgan fingerprint density at radius 1 is 1.11 bits per heavy atom. The molecule has 0 aliphatic carbocycles. The minimum atomic E-state index is -0.192. The number of hydrogen-bond acceptors (Lipinski definition) is 3. The first kappa shape index (κ1) is 17.9. The number of pyridine rings is 1. The molecule has 1 aromatic carbocycles. The normalized spacial score (nSPS) is 17.5. The fourth-order valence-corrected chi connectivity index (χ4v) is 4.02. The second-order valence-electron chi connectivity index (χ2n) is 7.50. The van der Waals surface area contributed by atoms with E-state index in [1.807, 2.05) is 30.1 Å². The van der Waals surface area contributed by atoms with Gasteiger partial charge in [-0.3, -0.25) is 14.6 Å². The summed E-state index contributed by atoms with van der Waals surface area (Å²) in [6.07, 6.45) is 7.14. The minimum Gasteiger partial charge on any atom is -0.290 e. The molecule has 4 rings (SSSR count). The highest BCUT2D eigenvalue weighted by Gasteiger charge is 2.27. The maximum atomic E-state index is 13.2. The number of aryl methyl sites for hydroxylation is 2. The fourth-order valence-electron chi connectivity index (χ4n) is 4.02. The van der Waals surface area contributed by atoms with Gasteiger partial charge in [0.2, 0.25) is 0 Å². The number of hydrogen-bond donors (Lipinski definition) is 0. The molecule has 1 fully saturated rings. The molecule has 2 aromatic heterocycles. The third-order valence-electron chi connectivity index (χ3n) is 5.20. The molecule has 0 saturated carbocycles. The van der Waals surface area contributed by atoms with Crippen LogP contribution in [0.1, 0.15) is 47.0 Å². The molecule has 0 radical (unpaired) electrons. The van der Waals surface area contributed by atoms with Crippen LogP contribution in [0.5, 0.6) is 0 Å². The molecule has 3 aromatic rings. The first-order valence-electron chi connectivity index (χ1n) is 9.50. The molecule has 0 spiro atoms. The van der Waals surface area contributed by atoms with E-state index >= 15 is 0 Å². The average molecular weight is 364 g/mol. The van der Waals surface area contributed by atoms with E-state index in [4.69, 9.17) is 4.98 Å². The molecular formula is C22H25FN4. The van der Waals surface area contributed by atoms with E-state index < -0.39 is 0 Å². The summed E-state index contributed by atoms with van der Waals surface area (Å²) in [6.45, 7) is 4.04. The molecular weight excluding hydrogens is 339 g/mol. The van der Waals surface area contributed by atoms with Crippen molar-refractivity contribution in [3.8, 4) is 0 Å². The molecule has 0 N–H and O–H groups in total. The van der Waals surface area contributed by atoms with Crippen LogP contribution in [-0.4, -0.2) is 26.2 Å². The zero-order chi connectivity index (χ0) is 18.8. The standard InChI is InChI=1S/C22H25FN4/c1-16-10-18(11-17-5-7-20(23)8-6-17)12-21(25-16)22-4-3-9-27(22)15-19-13-24-26(2)14-19/h5-8,10,12-14,22H,3-4,9,11,15H2,1-2H3/t22-/m0/s1. The van der Waals surface area contributed by atoms with Crippen LogP contribution in [0, 0.1) is 12.7 Å². The molecule has 1 atom stereocenters. The number of benzene rings is 1. The van der Waals surface area contributed by atoms with Crippen molar-refractivity contribution in [1.29, 1.82) is 0 Å². The summed E-state index contributed by atoms with van der Waals surface area (Å²) in [5.74, 6) is -0.192. The highest BCUT2D eigenvalue weighted by molar-refractivity contribution is 5.30. The lowest BCUT2D eigenvalue weighted by atomic mass is 10.0. The summed E-state index contributed by atoms with van der Waals surface area (Å²) in [7, 11) is 1.95. The van der Waals surface area contributed by atoms with Gasteiger partial charge in [0.1, 0.15) is 5.82 Å². The number of halogens is 1. The van der Waals surface area contributed by atoms with Gasteiger partial charge in [-0.2, -0.15) is 5.10 Å². The highest BCUT2D eigenvalue weighted by Crippen LogP contribution is 2.33. The Morgan fingerprint density at radius 3 is 2.67 bits per heavy atom. The van der Waals surface area contributed by atoms with Gasteiger partial charge in [0, 0.05) is 31.0 Å². The zero-order valence-electron chi connectivity index (χ0n) is 15.9. The molecule has 0 bridgehead atoms. The molecule has 140 valence electrons. The van der Waals surface area contributed by atoms with E-state index in [0.29, 0.717) is 6.04 Å². The number of aromatic nitrogens is 3. The molecule has 1 saturated heterocycles. The summed E-state index contributed by atoms with van der Waals surface area (Å²) < 4.78 is 15.0. The Bertz CT molecular complexity index is 916. The monoisotopic (exact) mass is 364 g/mol. The predicted octanol–water partition coefficient (Wildman–Crippen LogP) is 4.19. The van der Waals surface area contributed by atoms with Gasteiger partial charge >= 0.3 is 0 Å². The summed E-state index contributed by atoms with van der Waals surface area (Å²) in [5.41, 5.74) is 5.78. The molecule has 4 nitrogen and oxygen atoms in total. The van der Waals surface area contributed by atoms with Crippen molar-refractivity contribution in [2.24, 2.45) is 7.05 Å². The number of likely N-dealkylation sites (tertiary alicyclic amines) is 1. The second-order valence-corrected chi connectivity index (χ2v) is 7.50. The summed E-state index contributed by atoms with van der Waals surface area (Å²) >= 11 is 0. The molecule has 27 heavy (non-hydrogen) atoms. The van der Waals surface area contributed by atoms with Crippen LogP contribution in [0.4, 0.5) is 4.39 Å². The van der Waals surface area contributed by atoms with Gasteiger partial charge in [0.25, 0.3) is 0 Å². The van der Waals surface area contributed by atoms with E-state index in [0.717, 1.165) is 42.9 Å². The predicted molar refractivity (Wildman–Crippen MR) is 104 cm³/mol. The van der Waals surface area contributed by atoms with Gasteiger partial charge in [0.05, 0.1) is 17.9 Å². The quantitative estimate of drug-likeness (QED) is 0.681. The van der Waals surface area contributed by atoms with Crippen LogP contribution in [0.15, 0.2) is 48.8 Å². The Balaban J connectivity index is 1.55. The number of nitrogens with zero attached hydrogens (tertiary/aromatic N) is 4. The van der Waals surface area contributed by atoms with Crippen molar-refractivity contribution in [1.82, 2.24) is 19.7 Å². The van der Waals surface area contributed by atoms with Crippen LogP contribution < -0.4 is 0 Å². The van der Waals surface area contributed by atoms with Gasteiger partial charge in [-0.25, -0.2) is 4.39 Å². The van der Waals surface area contributed by atoms with E-state index in [2.05, 4.69) is 35.3 Å². The van der Waals surface area contributed by atoms with Gasteiger partial charge in [0.15, 0.2) is 0 Å². The van der Waals surface area contributed by atoms with Gasteiger partial charge in [-0.15, -0.1) is 0 Å². The molecule has 5 heteroatoms. The fraction of sp³-hybridized carbons (Fsp3) is 0.364. The third-order valence-corrected chi connectivity index (χ3v) is 5.20. The number of rotatable bonds is 5. The molecule has 1 aliphatic rings. The van der Waals surface area contributed by atoms with Crippen molar-refractivity contribution in [2.75, 3.05) is 6.54 Å². The maximum absolute atomic E-state index is 13.2. The first-order valence-corrected chi connectivity index (χ1v) is 9.50. The van der Waals surface area contributed by atoms with Crippen LogP contribution >= 0.6 is 0 Å². The van der Waals surface area contributed by atoms with Crippen molar-refractivity contribution >= 4 is 0 Å². The SMILES string of the molecule is Cc1cc(Cc2ccc(F)cc2)cc([C@@H]2CCCN2Cc2cnn(C)c2)n1. The molecule has 0 unspecified atom stereocenters. The lowest BCUT2D eigenvalue weighted by Crippen LogP contribution is -2.23. The Hall–Kier alpha value is -2.53. The smallest absolute Gasteiger partial charge is 0.123 e. The first-order chi connectivity index (χ1) is 13.1. The average Bonchev–Trinajstić information content (AvgIpc) is 3.26. The third kappa shape index (κ3) is 4.25. The topological polar surface area (TPSA) is 34.0 Å². The highest BCUT2D eigenvalue weighted by atomic mass is 19.1. The van der Waals surface area contributed by atoms with E-state index in [-0.39, 0.29) is 5.82 Å². The van der Waals surface area contributed by atoms with Crippen LogP contribution in [-0.2, 0) is 20.0 Å².